The smallest absolute Gasteiger partial charge is 0.280 e. The molecule has 4 nitrogen and oxygen atoms in total. The summed E-state index contributed by atoms with van der Waals surface area (Å²) in [6, 6.07) is 17.0. The molecule has 0 radical (unpaired) electrons. The van der Waals surface area contributed by atoms with Crippen LogP contribution >= 0.6 is 11.6 Å². The van der Waals surface area contributed by atoms with Crippen molar-refractivity contribution in [1.82, 2.24) is 5.16 Å². The number of para-hydroxylation sites is 1. The van der Waals surface area contributed by atoms with Gasteiger partial charge in [0.1, 0.15) is 0 Å². The van der Waals surface area contributed by atoms with E-state index in [4.69, 9.17) is 16.1 Å². The first kappa shape index (κ1) is 15.0. The summed E-state index contributed by atoms with van der Waals surface area (Å²) < 4.78 is 5.35. The summed E-state index contributed by atoms with van der Waals surface area (Å²) in [6.07, 6.45) is 0.844. The lowest BCUT2D eigenvalue weighted by atomic mass is 10.1. The van der Waals surface area contributed by atoms with E-state index < -0.39 is 0 Å². The van der Waals surface area contributed by atoms with Gasteiger partial charge in [-0.05, 0) is 37.1 Å². The first-order valence-electron chi connectivity index (χ1n) is 7.78. The largest absolute Gasteiger partial charge is 0.355 e. The Labute approximate surface area is 144 Å². The van der Waals surface area contributed by atoms with Crippen molar-refractivity contribution in [2.24, 2.45) is 0 Å². The molecule has 2 aromatic carbocycles. The van der Waals surface area contributed by atoms with Gasteiger partial charge in [0.25, 0.3) is 5.91 Å². The molecule has 24 heavy (non-hydrogen) atoms. The summed E-state index contributed by atoms with van der Waals surface area (Å²) in [5.41, 5.74) is 3.12. The maximum Gasteiger partial charge on any atom is 0.280 e. The van der Waals surface area contributed by atoms with Crippen molar-refractivity contribution in [3.8, 4) is 11.3 Å². The predicted octanol–water partition coefficient (Wildman–Crippen LogP) is 4.59. The number of hydrogen-bond donors (Lipinski definition) is 0. The number of benzene rings is 2. The Balaban J connectivity index is 1.68. The van der Waals surface area contributed by atoms with Gasteiger partial charge < -0.3 is 9.42 Å². The Bertz CT molecular complexity index is 919. The van der Waals surface area contributed by atoms with E-state index in [1.165, 1.54) is 5.56 Å². The number of anilines is 1. The van der Waals surface area contributed by atoms with Crippen molar-refractivity contribution >= 4 is 23.2 Å². The third-order valence-electron chi connectivity index (χ3n) is 4.29. The molecule has 2 heterocycles. The van der Waals surface area contributed by atoms with Gasteiger partial charge in [-0.25, -0.2) is 0 Å². The van der Waals surface area contributed by atoms with Crippen LogP contribution in [0.3, 0.4) is 0 Å². The van der Waals surface area contributed by atoms with Crippen LogP contribution in [0, 0.1) is 0 Å². The van der Waals surface area contributed by atoms with Gasteiger partial charge in [0.2, 0.25) is 0 Å². The lowest BCUT2D eigenvalue weighted by molar-refractivity contribution is 0.0973. The van der Waals surface area contributed by atoms with Crippen molar-refractivity contribution in [1.29, 1.82) is 0 Å². The van der Waals surface area contributed by atoms with Crippen molar-refractivity contribution in [2.45, 2.75) is 19.4 Å². The molecule has 0 spiro atoms. The Morgan fingerprint density at radius 1 is 1.21 bits per heavy atom. The van der Waals surface area contributed by atoms with Gasteiger partial charge in [-0.1, -0.05) is 47.1 Å². The highest BCUT2D eigenvalue weighted by Crippen LogP contribution is 2.34. The van der Waals surface area contributed by atoms with Gasteiger partial charge in [-0.3, -0.25) is 4.79 Å². The third kappa shape index (κ3) is 2.39. The van der Waals surface area contributed by atoms with Gasteiger partial charge in [0.15, 0.2) is 11.5 Å². The SMILES string of the molecule is C[C@H]1Cc2ccccc2N1C(=O)c1cc(-c2ccccc2Cl)on1. The zero-order chi connectivity index (χ0) is 16.7. The molecule has 0 N–H and O–H groups in total. The molecule has 0 unspecified atom stereocenters. The quantitative estimate of drug-likeness (QED) is 0.686. The van der Waals surface area contributed by atoms with Crippen molar-refractivity contribution < 1.29 is 9.32 Å². The molecule has 0 bridgehead atoms. The molecule has 1 atom stereocenters. The summed E-state index contributed by atoms with van der Waals surface area (Å²) in [4.78, 5) is 14.7. The molecular formula is C19H15ClN2O2. The first-order valence-corrected chi connectivity index (χ1v) is 8.16. The van der Waals surface area contributed by atoms with Gasteiger partial charge >= 0.3 is 0 Å². The van der Waals surface area contributed by atoms with E-state index in [-0.39, 0.29) is 17.6 Å². The molecule has 0 aliphatic carbocycles. The molecule has 0 fully saturated rings. The fourth-order valence-electron chi connectivity index (χ4n) is 3.16. The van der Waals surface area contributed by atoms with E-state index in [1.807, 2.05) is 43.3 Å². The fourth-order valence-corrected chi connectivity index (χ4v) is 3.39. The Hall–Kier alpha value is -2.59. The molecule has 5 heteroatoms. The fraction of sp³-hybridized carbons (Fsp3) is 0.158. The minimum absolute atomic E-state index is 0.0929. The Morgan fingerprint density at radius 2 is 1.96 bits per heavy atom. The van der Waals surface area contributed by atoms with Crippen LogP contribution < -0.4 is 4.90 Å². The number of carbonyl (C=O) groups is 1. The molecule has 120 valence electrons. The van der Waals surface area contributed by atoms with Crippen LogP contribution in [0.1, 0.15) is 23.0 Å². The normalized spacial score (nSPS) is 16.2. The molecule has 1 aliphatic rings. The van der Waals surface area contributed by atoms with E-state index in [2.05, 4.69) is 11.2 Å². The van der Waals surface area contributed by atoms with Crippen molar-refractivity contribution in [3.63, 3.8) is 0 Å². The number of nitrogens with zero attached hydrogens (tertiary/aromatic N) is 2. The maximum atomic E-state index is 12.9. The van der Waals surface area contributed by atoms with E-state index in [0.717, 1.165) is 17.7 Å². The average molecular weight is 339 g/mol. The zero-order valence-electron chi connectivity index (χ0n) is 13.1. The van der Waals surface area contributed by atoms with E-state index in [0.29, 0.717) is 10.8 Å². The van der Waals surface area contributed by atoms with Crippen LogP contribution in [0.25, 0.3) is 11.3 Å². The summed E-state index contributed by atoms with van der Waals surface area (Å²) in [6.45, 7) is 2.03. The van der Waals surface area contributed by atoms with E-state index >= 15 is 0 Å². The summed E-state index contributed by atoms with van der Waals surface area (Å²) in [5, 5.41) is 4.52. The van der Waals surface area contributed by atoms with Gasteiger partial charge in [-0.2, -0.15) is 0 Å². The van der Waals surface area contributed by atoms with Crippen LogP contribution in [-0.4, -0.2) is 17.1 Å². The predicted molar refractivity (Wildman–Crippen MR) is 93.4 cm³/mol. The average Bonchev–Trinajstić information content (AvgIpc) is 3.18. The lowest BCUT2D eigenvalue weighted by Crippen LogP contribution is -2.35. The minimum atomic E-state index is -0.158. The number of rotatable bonds is 2. The van der Waals surface area contributed by atoms with Gasteiger partial charge in [0.05, 0.1) is 5.02 Å². The highest BCUT2D eigenvalue weighted by atomic mass is 35.5. The minimum Gasteiger partial charge on any atom is -0.355 e. The molecule has 3 aromatic rings. The van der Waals surface area contributed by atoms with Crippen molar-refractivity contribution in [3.05, 3.63) is 70.9 Å². The Morgan fingerprint density at radius 3 is 2.79 bits per heavy atom. The Kier molecular flexibility index (Phi) is 3.62. The number of halogens is 1. The molecular weight excluding hydrogens is 324 g/mol. The van der Waals surface area contributed by atoms with Crippen LogP contribution in [0.15, 0.2) is 59.1 Å². The zero-order valence-corrected chi connectivity index (χ0v) is 13.8. The highest BCUT2D eigenvalue weighted by molar-refractivity contribution is 6.33. The van der Waals surface area contributed by atoms with Gasteiger partial charge in [0, 0.05) is 23.4 Å². The second-order valence-electron chi connectivity index (χ2n) is 5.91. The van der Waals surface area contributed by atoms with Crippen LogP contribution in [0.2, 0.25) is 5.02 Å². The summed E-state index contributed by atoms with van der Waals surface area (Å²) >= 11 is 6.18. The number of aromatic nitrogens is 1. The maximum absolute atomic E-state index is 12.9. The molecule has 1 aliphatic heterocycles. The highest BCUT2D eigenvalue weighted by Gasteiger charge is 2.32. The molecule has 0 saturated heterocycles. The summed E-state index contributed by atoms with van der Waals surface area (Å²) in [5.74, 6) is 0.332. The number of fused-ring (bicyclic) bond motifs is 1. The topological polar surface area (TPSA) is 46.3 Å². The van der Waals surface area contributed by atoms with Gasteiger partial charge in [-0.15, -0.1) is 0 Å². The monoisotopic (exact) mass is 338 g/mol. The molecule has 4 rings (SSSR count). The summed E-state index contributed by atoms with van der Waals surface area (Å²) in [7, 11) is 0. The number of hydrogen-bond acceptors (Lipinski definition) is 3. The molecule has 0 saturated carbocycles. The lowest BCUT2D eigenvalue weighted by Gasteiger charge is -2.21. The van der Waals surface area contributed by atoms with Crippen LogP contribution in [0.5, 0.6) is 0 Å². The van der Waals surface area contributed by atoms with E-state index in [1.54, 1.807) is 17.0 Å². The van der Waals surface area contributed by atoms with E-state index in [9.17, 15) is 4.79 Å². The first-order chi connectivity index (χ1) is 11.6. The molecule has 1 aromatic heterocycles. The number of amides is 1. The number of carbonyl (C=O) groups excluding carboxylic acids is 1. The van der Waals surface area contributed by atoms with Crippen molar-refractivity contribution in [2.75, 3.05) is 4.90 Å². The second kappa shape index (κ2) is 5.80. The molecule has 1 amide bonds. The third-order valence-corrected chi connectivity index (χ3v) is 4.62. The van der Waals surface area contributed by atoms with Crippen LogP contribution in [-0.2, 0) is 6.42 Å². The standard InChI is InChI=1S/C19H15ClN2O2/c1-12-10-13-6-2-5-9-17(13)22(12)19(23)16-11-18(24-21-16)14-7-3-4-8-15(14)20/h2-9,11-12H,10H2,1H3/t12-/m0/s1. The second-order valence-corrected chi connectivity index (χ2v) is 6.32. The van der Waals surface area contributed by atoms with Crippen LogP contribution in [0.4, 0.5) is 5.69 Å².